The minimum atomic E-state index is -0.289. The Bertz CT molecular complexity index is 810. The molecule has 2 heterocycles. The van der Waals surface area contributed by atoms with E-state index in [-0.39, 0.29) is 5.91 Å². The predicted molar refractivity (Wildman–Crippen MR) is 84.9 cm³/mol. The standard InChI is InChI=1S/C15H13N3O3S/c1-20-10-5-9(6-11(7-10)21-2)14(19)18-13-12-3-4-22-15(12)17-8-16-13/h3-8H,1-2H3,(H,16,17,18,19). The number of amides is 1. The molecular weight excluding hydrogens is 302 g/mol. The number of methoxy groups -OCH3 is 2. The fraction of sp³-hybridized carbons (Fsp3) is 0.133. The Kier molecular flexibility index (Phi) is 3.88. The van der Waals surface area contributed by atoms with Gasteiger partial charge in [-0.1, -0.05) is 0 Å². The third-order valence-corrected chi connectivity index (χ3v) is 3.93. The topological polar surface area (TPSA) is 73.3 Å². The average molecular weight is 315 g/mol. The molecule has 22 heavy (non-hydrogen) atoms. The summed E-state index contributed by atoms with van der Waals surface area (Å²) < 4.78 is 10.3. The van der Waals surface area contributed by atoms with Crippen LogP contribution in [0.15, 0.2) is 36.0 Å². The molecule has 6 nitrogen and oxygen atoms in total. The Morgan fingerprint density at radius 3 is 2.55 bits per heavy atom. The van der Waals surface area contributed by atoms with Crippen LogP contribution in [0.3, 0.4) is 0 Å². The molecule has 0 aliphatic carbocycles. The van der Waals surface area contributed by atoms with Crippen molar-refractivity contribution in [2.24, 2.45) is 0 Å². The molecule has 0 atom stereocenters. The van der Waals surface area contributed by atoms with Crippen LogP contribution in [-0.2, 0) is 0 Å². The summed E-state index contributed by atoms with van der Waals surface area (Å²) in [4.78, 5) is 21.5. The molecule has 0 spiro atoms. The van der Waals surface area contributed by atoms with Crippen molar-refractivity contribution in [3.05, 3.63) is 41.5 Å². The number of carbonyl (C=O) groups is 1. The van der Waals surface area contributed by atoms with E-state index in [9.17, 15) is 4.79 Å². The van der Waals surface area contributed by atoms with Crippen LogP contribution >= 0.6 is 11.3 Å². The van der Waals surface area contributed by atoms with Gasteiger partial charge in [0.2, 0.25) is 0 Å². The zero-order chi connectivity index (χ0) is 15.5. The number of nitrogens with one attached hydrogen (secondary N) is 1. The quantitative estimate of drug-likeness (QED) is 0.801. The molecule has 1 N–H and O–H groups in total. The lowest BCUT2D eigenvalue weighted by molar-refractivity contribution is 0.102. The van der Waals surface area contributed by atoms with E-state index in [2.05, 4.69) is 15.3 Å². The van der Waals surface area contributed by atoms with E-state index < -0.39 is 0 Å². The minimum absolute atomic E-state index is 0.289. The first-order chi connectivity index (χ1) is 10.7. The van der Waals surface area contributed by atoms with E-state index in [1.807, 2.05) is 11.4 Å². The van der Waals surface area contributed by atoms with Gasteiger partial charge in [0, 0.05) is 11.6 Å². The third-order valence-electron chi connectivity index (χ3n) is 3.11. The molecule has 0 unspecified atom stereocenters. The van der Waals surface area contributed by atoms with Crippen LogP contribution in [0.2, 0.25) is 0 Å². The van der Waals surface area contributed by atoms with Crippen molar-refractivity contribution in [2.45, 2.75) is 0 Å². The van der Waals surface area contributed by atoms with E-state index in [1.165, 1.54) is 31.9 Å². The van der Waals surface area contributed by atoms with Crippen molar-refractivity contribution < 1.29 is 14.3 Å². The first-order valence-electron chi connectivity index (χ1n) is 6.44. The van der Waals surface area contributed by atoms with E-state index in [0.29, 0.717) is 22.9 Å². The number of hydrogen-bond acceptors (Lipinski definition) is 6. The second-order valence-corrected chi connectivity index (χ2v) is 5.31. The van der Waals surface area contributed by atoms with Gasteiger partial charge in [-0.25, -0.2) is 9.97 Å². The number of fused-ring (bicyclic) bond motifs is 1. The van der Waals surface area contributed by atoms with Crippen molar-refractivity contribution in [1.82, 2.24) is 9.97 Å². The molecule has 0 aliphatic heterocycles. The molecule has 7 heteroatoms. The molecule has 1 amide bonds. The number of hydrogen-bond donors (Lipinski definition) is 1. The second-order valence-electron chi connectivity index (χ2n) is 4.42. The third kappa shape index (κ3) is 2.71. The molecule has 2 aromatic heterocycles. The van der Waals surface area contributed by atoms with E-state index in [1.54, 1.807) is 18.2 Å². The van der Waals surface area contributed by atoms with Crippen LogP contribution in [-0.4, -0.2) is 30.1 Å². The van der Waals surface area contributed by atoms with E-state index in [4.69, 9.17) is 9.47 Å². The highest BCUT2D eigenvalue weighted by molar-refractivity contribution is 7.16. The highest BCUT2D eigenvalue weighted by Gasteiger charge is 2.13. The van der Waals surface area contributed by atoms with Crippen molar-refractivity contribution >= 4 is 33.3 Å². The van der Waals surface area contributed by atoms with Crippen molar-refractivity contribution in [1.29, 1.82) is 0 Å². The summed E-state index contributed by atoms with van der Waals surface area (Å²) in [5.74, 6) is 1.29. The highest BCUT2D eigenvalue weighted by atomic mass is 32.1. The SMILES string of the molecule is COc1cc(OC)cc(C(=O)Nc2ncnc3sccc23)c1. The summed E-state index contributed by atoms with van der Waals surface area (Å²) in [6.07, 6.45) is 1.43. The van der Waals surface area contributed by atoms with Crippen LogP contribution in [0, 0.1) is 0 Å². The summed E-state index contributed by atoms with van der Waals surface area (Å²) in [6.45, 7) is 0. The average Bonchev–Trinajstić information content (AvgIpc) is 3.04. The largest absolute Gasteiger partial charge is 0.497 e. The smallest absolute Gasteiger partial charge is 0.257 e. The lowest BCUT2D eigenvalue weighted by Gasteiger charge is -2.09. The fourth-order valence-electron chi connectivity index (χ4n) is 2.01. The lowest BCUT2D eigenvalue weighted by Crippen LogP contribution is -2.13. The number of thiophene rings is 1. The monoisotopic (exact) mass is 315 g/mol. The Balaban J connectivity index is 1.93. The Labute approximate surface area is 130 Å². The predicted octanol–water partition coefficient (Wildman–Crippen LogP) is 2.96. The molecule has 0 fully saturated rings. The Morgan fingerprint density at radius 1 is 1.14 bits per heavy atom. The summed E-state index contributed by atoms with van der Waals surface area (Å²) in [7, 11) is 3.07. The minimum Gasteiger partial charge on any atom is -0.497 e. The van der Waals surface area contributed by atoms with Gasteiger partial charge in [0.05, 0.1) is 19.6 Å². The Morgan fingerprint density at radius 2 is 1.86 bits per heavy atom. The van der Waals surface area contributed by atoms with Gasteiger partial charge in [-0.3, -0.25) is 4.79 Å². The van der Waals surface area contributed by atoms with Gasteiger partial charge in [0.15, 0.2) is 0 Å². The van der Waals surface area contributed by atoms with Gasteiger partial charge in [-0.05, 0) is 23.6 Å². The molecule has 3 rings (SSSR count). The number of anilines is 1. The Hall–Kier alpha value is -2.67. The summed E-state index contributed by atoms with van der Waals surface area (Å²) >= 11 is 1.49. The van der Waals surface area contributed by atoms with Gasteiger partial charge in [-0.15, -0.1) is 11.3 Å². The molecule has 0 aliphatic rings. The second kappa shape index (κ2) is 5.98. The fourth-order valence-corrected chi connectivity index (χ4v) is 2.74. The van der Waals surface area contributed by atoms with E-state index in [0.717, 1.165) is 10.2 Å². The zero-order valence-electron chi connectivity index (χ0n) is 12.0. The van der Waals surface area contributed by atoms with Crippen LogP contribution in [0.4, 0.5) is 5.82 Å². The number of ether oxygens (including phenoxy) is 2. The van der Waals surface area contributed by atoms with Gasteiger partial charge >= 0.3 is 0 Å². The summed E-state index contributed by atoms with van der Waals surface area (Å²) in [5.41, 5.74) is 0.429. The molecule has 112 valence electrons. The molecular formula is C15H13N3O3S. The van der Waals surface area contributed by atoms with Gasteiger partial charge in [-0.2, -0.15) is 0 Å². The first kappa shape index (κ1) is 14.3. The number of carbonyl (C=O) groups excluding carboxylic acids is 1. The number of aromatic nitrogens is 2. The maximum absolute atomic E-state index is 12.4. The molecule has 3 aromatic rings. The molecule has 1 aromatic carbocycles. The molecule has 0 bridgehead atoms. The summed E-state index contributed by atoms with van der Waals surface area (Å²) in [5, 5.41) is 5.52. The van der Waals surface area contributed by atoms with Crippen molar-refractivity contribution in [2.75, 3.05) is 19.5 Å². The molecule has 0 saturated carbocycles. The number of benzene rings is 1. The van der Waals surface area contributed by atoms with Gasteiger partial charge in [0.25, 0.3) is 5.91 Å². The first-order valence-corrected chi connectivity index (χ1v) is 7.32. The highest BCUT2D eigenvalue weighted by Crippen LogP contribution is 2.26. The lowest BCUT2D eigenvalue weighted by atomic mass is 10.2. The zero-order valence-corrected chi connectivity index (χ0v) is 12.8. The van der Waals surface area contributed by atoms with Gasteiger partial charge < -0.3 is 14.8 Å². The number of rotatable bonds is 4. The van der Waals surface area contributed by atoms with Crippen molar-refractivity contribution in [3.63, 3.8) is 0 Å². The maximum Gasteiger partial charge on any atom is 0.257 e. The van der Waals surface area contributed by atoms with Gasteiger partial charge in [0.1, 0.15) is 28.5 Å². The summed E-state index contributed by atoms with van der Waals surface area (Å²) in [6, 6.07) is 6.87. The van der Waals surface area contributed by atoms with Crippen molar-refractivity contribution in [3.8, 4) is 11.5 Å². The van der Waals surface area contributed by atoms with E-state index >= 15 is 0 Å². The molecule has 0 saturated heterocycles. The van der Waals surface area contributed by atoms with Crippen LogP contribution < -0.4 is 14.8 Å². The normalized spacial score (nSPS) is 10.5. The molecule has 0 radical (unpaired) electrons. The maximum atomic E-state index is 12.4. The van der Waals surface area contributed by atoms with Crippen LogP contribution in [0.1, 0.15) is 10.4 Å². The number of nitrogens with zero attached hydrogens (tertiary/aromatic N) is 2. The van der Waals surface area contributed by atoms with Crippen LogP contribution in [0.25, 0.3) is 10.2 Å². The van der Waals surface area contributed by atoms with Crippen LogP contribution in [0.5, 0.6) is 11.5 Å².